The molecule has 196 valence electrons. The molecule has 0 spiro atoms. The van der Waals surface area contributed by atoms with Gasteiger partial charge in [0.2, 0.25) is 21.7 Å². The normalized spacial score (nSPS) is 13.1. The molecule has 0 bridgehead atoms. The second-order valence-electron chi connectivity index (χ2n) is 8.55. The molecule has 0 unspecified atom stereocenters. The summed E-state index contributed by atoms with van der Waals surface area (Å²) in [6.07, 6.45) is 2.05. The molecule has 1 N–H and O–H groups in total. The number of pyridine rings is 1. The van der Waals surface area contributed by atoms with Crippen molar-refractivity contribution in [2.45, 2.75) is 24.7 Å². The largest absolute Gasteiger partial charge is 0.494 e. The molecule has 0 radical (unpaired) electrons. The summed E-state index contributed by atoms with van der Waals surface area (Å²) >= 11 is 0. The zero-order valence-electron chi connectivity index (χ0n) is 20.7. The van der Waals surface area contributed by atoms with E-state index in [9.17, 15) is 13.2 Å². The van der Waals surface area contributed by atoms with Crippen molar-refractivity contribution in [3.05, 3.63) is 78.1 Å². The monoisotopic (exact) mass is 535 g/mol. The highest BCUT2D eigenvalue weighted by Crippen LogP contribution is 2.36. The van der Waals surface area contributed by atoms with E-state index in [2.05, 4.69) is 19.9 Å². The van der Waals surface area contributed by atoms with Crippen LogP contribution >= 0.6 is 0 Å². The maximum atomic E-state index is 13.4. The minimum atomic E-state index is -4.06. The number of para-hydroxylation sites is 1. The number of benzene rings is 2. The summed E-state index contributed by atoms with van der Waals surface area (Å²) in [6, 6.07) is 18.8. The molecule has 38 heavy (non-hydrogen) atoms. The SMILES string of the molecule is COc1cccc(OC)c1-n1c(C(=O)NS(=O)(=O)Cc2ccccc2)nnc1-c1cccc(OC2CC2)n1. The molecule has 2 heterocycles. The third kappa shape index (κ3) is 5.44. The lowest BCUT2D eigenvalue weighted by atomic mass is 10.2. The maximum Gasteiger partial charge on any atom is 0.303 e. The smallest absolute Gasteiger partial charge is 0.303 e. The van der Waals surface area contributed by atoms with Crippen LogP contribution in [0.1, 0.15) is 29.0 Å². The van der Waals surface area contributed by atoms with Gasteiger partial charge in [-0.3, -0.25) is 9.36 Å². The van der Waals surface area contributed by atoms with E-state index in [1.807, 2.05) is 0 Å². The van der Waals surface area contributed by atoms with Crippen molar-refractivity contribution in [2.24, 2.45) is 0 Å². The van der Waals surface area contributed by atoms with Gasteiger partial charge in [0.05, 0.1) is 20.0 Å². The predicted octanol–water partition coefficient (Wildman–Crippen LogP) is 3.15. The van der Waals surface area contributed by atoms with E-state index in [0.29, 0.717) is 34.3 Å². The Morgan fingerprint density at radius 1 is 0.947 bits per heavy atom. The van der Waals surface area contributed by atoms with Crippen LogP contribution in [0.5, 0.6) is 17.4 Å². The number of ether oxygens (including phenoxy) is 3. The van der Waals surface area contributed by atoms with Gasteiger partial charge in [-0.1, -0.05) is 42.5 Å². The number of hydrogen-bond donors (Lipinski definition) is 1. The number of rotatable bonds is 10. The molecule has 5 rings (SSSR count). The van der Waals surface area contributed by atoms with E-state index in [1.54, 1.807) is 66.7 Å². The first-order valence-electron chi connectivity index (χ1n) is 11.8. The minimum absolute atomic E-state index is 0.126. The fourth-order valence-electron chi connectivity index (χ4n) is 3.84. The van der Waals surface area contributed by atoms with E-state index >= 15 is 0 Å². The maximum absolute atomic E-state index is 13.4. The molecule has 0 aliphatic heterocycles. The van der Waals surface area contributed by atoms with Crippen molar-refractivity contribution >= 4 is 15.9 Å². The summed E-state index contributed by atoms with van der Waals surface area (Å²) in [6.45, 7) is 0. The Morgan fingerprint density at radius 2 is 1.63 bits per heavy atom. The van der Waals surface area contributed by atoms with Crippen molar-refractivity contribution in [1.82, 2.24) is 24.5 Å². The third-order valence-corrected chi connectivity index (χ3v) is 6.91. The van der Waals surface area contributed by atoms with Gasteiger partial charge in [0, 0.05) is 6.07 Å². The van der Waals surface area contributed by atoms with Crippen LogP contribution in [0.25, 0.3) is 17.2 Å². The minimum Gasteiger partial charge on any atom is -0.494 e. The van der Waals surface area contributed by atoms with Crippen LogP contribution in [0.2, 0.25) is 0 Å². The van der Waals surface area contributed by atoms with Gasteiger partial charge in [-0.25, -0.2) is 18.1 Å². The van der Waals surface area contributed by atoms with Crippen molar-refractivity contribution in [3.63, 3.8) is 0 Å². The highest BCUT2D eigenvalue weighted by Gasteiger charge is 2.29. The van der Waals surface area contributed by atoms with Crippen LogP contribution < -0.4 is 18.9 Å². The van der Waals surface area contributed by atoms with Crippen LogP contribution in [-0.2, 0) is 15.8 Å². The molecule has 12 heteroatoms. The van der Waals surface area contributed by atoms with Gasteiger partial charge in [-0.15, -0.1) is 10.2 Å². The lowest BCUT2D eigenvalue weighted by molar-refractivity contribution is 0.0969. The van der Waals surface area contributed by atoms with E-state index in [0.717, 1.165) is 12.8 Å². The standard InChI is InChI=1S/C26H25N5O6S/c1-35-20-11-7-12-21(36-2)23(20)31-24(19-10-6-13-22(27-19)37-18-14-15-18)28-29-25(31)26(32)30-38(33,34)16-17-8-4-3-5-9-17/h3-13,18H,14-16H2,1-2H3,(H,30,32). The molecule has 0 atom stereocenters. The molecule has 1 fully saturated rings. The highest BCUT2D eigenvalue weighted by molar-refractivity contribution is 7.89. The first-order valence-corrected chi connectivity index (χ1v) is 13.4. The van der Waals surface area contributed by atoms with Crippen LogP contribution in [0.15, 0.2) is 66.7 Å². The molecular weight excluding hydrogens is 510 g/mol. The highest BCUT2D eigenvalue weighted by atomic mass is 32.2. The molecule has 11 nitrogen and oxygen atoms in total. The number of carbonyl (C=O) groups is 1. The lowest BCUT2D eigenvalue weighted by Gasteiger charge is -2.17. The Morgan fingerprint density at radius 3 is 2.29 bits per heavy atom. The number of nitrogens with zero attached hydrogens (tertiary/aromatic N) is 4. The number of aromatic nitrogens is 4. The van der Waals surface area contributed by atoms with Crippen molar-refractivity contribution in [1.29, 1.82) is 0 Å². The van der Waals surface area contributed by atoms with Gasteiger partial charge < -0.3 is 14.2 Å². The molecular formula is C26H25N5O6S. The van der Waals surface area contributed by atoms with Gasteiger partial charge in [0.25, 0.3) is 0 Å². The van der Waals surface area contributed by atoms with Crippen molar-refractivity contribution in [2.75, 3.05) is 14.2 Å². The summed E-state index contributed by atoms with van der Waals surface area (Å²) in [7, 11) is -1.13. The van der Waals surface area contributed by atoms with Gasteiger partial charge >= 0.3 is 5.91 Å². The topological polar surface area (TPSA) is 135 Å². The second-order valence-corrected chi connectivity index (χ2v) is 10.3. The van der Waals surface area contributed by atoms with Crippen LogP contribution in [0.3, 0.4) is 0 Å². The quantitative estimate of drug-likeness (QED) is 0.325. The average molecular weight is 536 g/mol. The Labute approximate surface area is 219 Å². The summed E-state index contributed by atoms with van der Waals surface area (Å²) in [5, 5.41) is 8.27. The molecule has 4 aromatic rings. The Bertz CT molecular complexity index is 1550. The summed E-state index contributed by atoms with van der Waals surface area (Å²) in [4.78, 5) is 17.9. The predicted molar refractivity (Wildman–Crippen MR) is 138 cm³/mol. The molecule has 0 saturated heterocycles. The van der Waals surface area contributed by atoms with Gasteiger partial charge in [0.1, 0.15) is 29.0 Å². The van der Waals surface area contributed by atoms with Gasteiger partial charge in [-0.2, -0.15) is 0 Å². The van der Waals surface area contributed by atoms with E-state index in [-0.39, 0.29) is 23.5 Å². The van der Waals surface area contributed by atoms with Crippen molar-refractivity contribution in [3.8, 4) is 34.6 Å². The Balaban J connectivity index is 1.59. The van der Waals surface area contributed by atoms with E-state index in [4.69, 9.17) is 14.2 Å². The number of amides is 1. The number of sulfonamides is 1. The lowest BCUT2D eigenvalue weighted by Crippen LogP contribution is -2.33. The van der Waals surface area contributed by atoms with Crippen LogP contribution in [-0.4, -0.2) is 54.4 Å². The van der Waals surface area contributed by atoms with E-state index < -0.39 is 15.9 Å². The molecule has 2 aromatic carbocycles. The molecule has 1 amide bonds. The zero-order valence-corrected chi connectivity index (χ0v) is 21.5. The number of hydrogen-bond acceptors (Lipinski definition) is 9. The summed E-state index contributed by atoms with van der Waals surface area (Å²) in [5.74, 6) is -0.398. The fourth-order valence-corrected chi connectivity index (χ4v) is 4.92. The third-order valence-electron chi connectivity index (χ3n) is 5.70. The molecule has 1 aliphatic carbocycles. The zero-order chi connectivity index (χ0) is 26.7. The number of nitrogens with one attached hydrogen (secondary N) is 1. The Kier molecular flexibility index (Phi) is 6.97. The van der Waals surface area contributed by atoms with Crippen LogP contribution in [0, 0.1) is 0 Å². The number of methoxy groups -OCH3 is 2. The second kappa shape index (κ2) is 10.5. The first-order chi connectivity index (χ1) is 18.4. The first kappa shape index (κ1) is 25.2. The summed E-state index contributed by atoms with van der Waals surface area (Å²) < 4.78 is 46.1. The fraction of sp³-hybridized carbons (Fsp3) is 0.231. The van der Waals surface area contributed by atoms with E-state index in [1.165, 1.54) is 18.8 Å². The van der Waals surface area contributed by atoms with Gasteiger partial charge in [0.15, 0.2) is 5.82 Å². The van der Waals surface area contributed by atoms with Gasteiger partial charge in [-0.05, 0) is 36.6 Å². The molecule has 1 saturated carbocycles. The van der Waals surface area contributed by atoms with Crippen molar-refractivity contribution < 1.29 is 27.4 Å². The Hall–Kier alpha value is -4.45. The van der Waals surface area contributed by atoms with Crippen LogP contribution in [0.4, 0.5) is 0 Å². The average Bonchev–Trinajstić information content (AvgIpc) is 3.61. The number of carbonyl (C=O) groups excluding carboxylic acids is 1. The summed E-state index contributed by atoms with van der Waals surface area (Å²) in [5.41, 5.74) is 1.19. The molecule has 2 aromatic heterocycles. The molecule has 1 aliphatic rings.